The molecule has 6 heterocycles. The molecule has 0 amide bonds. The van der Waals surface area contributed by atoms with E-state index in [-0.39, 0.29) is 0 Å². The number of thiazole rings is 1. The lowest BCUT2D eigenvalue weighted by Crippen LogP contribution is -2.16. The van der Waals surface area contributed by atoms with E-state index < -0.39 is 0 Å². The summed E-state index contributed by atoms with van der Waals surface area (Å²) in [4.78, 5) is 17.5. The second-order valence-electron chi connectivity index (χ2n) is 21.8. The maximum Gasteiger partial charge on any atom is 0.160 e. The van der Waals surface area contributed by atoms with Gasteiger partial charge in [0.2, 0.25) is 0 Å². The van der Waals surface area contributed by atoms with Crippen molar-refractivity contribution in [3.63, 3.8) is 0 Å². The Morgan fingerprint density at radius 2 is 0.541 bits per heavy atom. The minimum absolute atomic E-state index is 0.616. The molecule has 18 rings (SSSR count). The van der Waals surface area contributed by atoms with Crippen LogP contribution >= 0.6 is 11.3 Å². The second-order valence-corrected chi connectivity index (χ2v) is 22.8. The van der Waals surface area contributed by atoms with Gasteiger partial charge in [0, 0.05) is 54.2 Å². The van der Waals surface area contributed by atoms with Gasteiger partial charge >= 0.3 is 0 Å². The van der Waals surface area contributed by atoms with Gasteiger partial charge in [0.1, 0.15) is 5.01 Å². The van der Waals surface area contributed by atoms with Crippen LogP contribution in [0.1, 0.15) is 0 Å². The molecule has 0 aliphatic rings. The number of benzene rings is 12. The van der Waals surface area contributed by atoms with Crippen LogP contribution in [-0.2, 0) is 0 Å². The molecular weight excluding hydrogens is 1050 g/mol. The molecule has 0 atom stereocenters. The molecule has 0 fully saturated rings. The molecule has 0 unspecified atom stereocenters. The first kappa shape index (κ1) is 47.4. The summed E-state index contributed by atoms with van der Waals surface area (Å²) in [7, 11) is 0. The predicted molar refractivity (Wildman–Crippen MR) is 354 cm³/mol. The Kier molecular flexibility index (Phi) is 10.4. The first-order valence-electron chi connectivity index (χ1n) is 28.8. The van der Waals surface area contributed by atoms with Crippen molar-refractivity contribution in [2.45, 2.75) is 0 Å². The smallest absolute Gasteiger partial charge is 0.160 e. The third kappa shape index (κ3) is 7.03. The molecule has 0 bridgehead atoms. The van der Waals surface area contributed by atoms with Crippen molar-refractivity contribution < 1.29 is 0 Å². The molecular formula is C77H47N7S. The molecule has 7 nitrogen and oxygen atoms in total. The number of rotatable bonds is 8. The molecule has 0 saturated carbocycles. The van der Waals surface area contributed by atoms with E-state index in [9.17, 15) is 0 Å². The molecule has 0 spiro atoms. The zero-order chi connectivity index (χ0) is 55.7. The van der Waals surface area contributed by atoms with Gasteiger partial charge in [-0.3, -0.25) is 0 Å². The van der Waals surface area contributed by atoms with Gasteiger partial charge in [0.15, 0.2) is 5.82 Å². The molecule has 6 aromatic heterocycles. The lowest BCUT2D eigenvalue weighted by Gasteiger charge is -2.30. The van der Waals surface area contributed by atoms with Crippen LogP contribution in [0.2, 0.25) is 0 Å². The molecule has 12 aromatic carbocycles. The van der Waals surface area contributed by atoms with E-state index in [0.29, 0.717) is 5.82 Å². The Morgan fingerprint density at radius 1 is 0.247 bits per heavy atom. The van der Waals surface area contributed by atoms with Crippen LogP contribution < -0.4 is 0 Å². The monoisotopic (exact) mass is 1100 g/mol. The Balaban J connectivity index is 1.23. The molecule has 0 aliphatic carbocycles. The Bertz CT molecular complexity index is 5190. The van der Waals surface area contributed by atoms with Gasteiger partial charge < -0.3 is 18.3 Å². The molecule has 0 saturated heterocycles. The molecule has 0 aliphatic heterocycles. The normalized spacial score (nSPS) is 12.0. The minimum Gasteiger partial charge on any atom is -0.306 e. The van der Waals surface area contributed by atoms with Gasteiger partial charge in [-0.05, 0) is 66.7 Å². The molecule has 18 aromatic rings. The van der Waals surface area contributed by atoms with Gasteiger partial charge in [0.25, 0.3) is 0 Å². The average Bonchev–Trinajstić information content (AvgIpc) is 1.69. The van der Waals surface area contributed by atoms with Crippen LogP contribution in [-0.4, -0.2) is 33.2 Å². The van der Waals surface area contributed by atoms with Crippen molar-refractivity contribution in [1.82, 2.24) is 33.2 Å². The van der Waals surface area contributed by atoms with Crippen LogP contribution in [0.15, 0.2) is 285 Å². The lowest BCUT2D eigenvalue weighted by molar-refractivity contribution is 1.04. The third-order valence-corrected chi connectivity index (χ3v) is 18.3. The van der Waals surface area contributed by atoms with Gasteiger partial charge in [0.05, 0.1) is 99.6 Å². The summed E-state index contributed by atoms with van der Waals surface area (Å²) in [5.74, 6) is 0.616. The van der Waals surface area contributed by atoms with Crippen molar-refractivity contribution >= 4 is 109 Å². The van der Waals surface area contributed by atoms with Crippen LogP contribution in [0.4, 0.5) is 0 Å². The average molecular weight is 1100 g/mol. The van der Waals surface area contributed by atoms with Gasteiger partial charge in [-0.1, -0.05) is 218 Å². The SMILES string of the molecule is c1ccc(-c2cc(-c3c(-n4c5ccccc5c5ccccc54)c(-n4c5ccccc5c5ccccc54)c(-c4nc5ccccc5s4)c(-n4c5ccccc5c5ccccc54)c3-n3c4ccccc4c4ccccc43)nc(-c3ccccc3)n2)cc1. The highest BCUT2D eigenvalue weighted by Gasteiger charge is 2.37. The summed E-state index contributed by atoms with van der Waals surface area (Å²) in [6.07, 6.45) is 0. The summed E-state index contributed by atoms with van der Waals surface area (Å²) in [5, 5.41) is 10.0. The number of para-hydroxylation sites is 9. The summed E-state index contributed by atoms with van der Waals surface area (Å²) in [6, 6.07) is 103. The zero-order valence-corrected chi connectivity index (χ0v) is 46.5. The summed E-state index contributed by atoms with van der Waals surface area (Å²) < 4.78 is 11.3. The molecule has 85 heavy (non-hydrogen) atoms. The van der Waals surface area contributed by atoms with Crippen LogP contribution in [0, 0.1) is 0 Å². The van der Waals surface area contributed by atoms with Crippen molar-refractivity contribution in [3.8, 4) is 67.2 Å². The van der Waals surface area contributed by atoms with E-state index in [2.05, 4.69) is 303 Å². The minimum atomic E-state index is 0.616. The van der Waals surface area contributed by atoms with Crippen LogP contribution in [0.25, 0.3) is 165 Å². The summed E-state index contributed by atoms with van der Waals surface area (Å²) in [5.41, 5.74) is 18.5. The van der Waals surface area contributed by atoms with Gasteiger partial charge in [-0.25, -0.2) is 15.0 Å². The maximum atomic E-state index is 6.02. The van der Waals surface area contributed by atoms with E-state index in [0.717, 1.165) is 159 Å². The van der Waals surface area contributed by atoms with Gasteiger partial charge in [-0.15, -0.1) is 11.3 Å². The zero-order valence-electron chi connectivity index (χ0n) is 45.7. The highest BCUT2D eigenvalue weighted by atomic mass is 32.1. The second kappa shape index (κ2) is 18.7. The molecule has 396 valence electrons. The quantitative estimate of drug-likeness (QED) is 0.152. The van der Waals surface area contributed by atoms with E-state index in [4.69, 9.17) is 15.0 Å². The summed E-state index contributed by atoms with van der Waals surface area (Å²) >= 11 is 1.74. The van der Waals surface area contributed by atoms with Crippen molar-refractivity contribution in [2.24, 2.45) is 0 Å². The number of aromatic nitrogens is 7. The highest BCUT2D eigenvalue weighted by Crippen LogP contribution is 2.55. The van der Waals surface area contributed by atoms with E-state index in [1.165, 1.54) is 0 Å². The summed E-state index contributed by atoms with van der Waals surface area (Å²) in [6.45, 7) is 0. The number of nitrogens with zero attached hydrogens (tertiary/aromatic N) is 7. The van der Waals surface area contributed by atoms with Crippen molar-refractivity contribution in [2.75, 3.05) is 0 Å². The fourth-order valence-electron chi connectivity index (χ4n) is 13.7. The number of hydrogen-bond donors (Lipinski definition) is 0. The first-order chi connectivity index (χ1) is 42.2. The Hall–Kier alpha value is -11.2. The molecule has 0 radical (unpaired) electrons. The fraction of sp³-hybridized carbons (Fsp3) is 0. The molecule has 0 N–H and O–H groups in total. The Labute approximate surface area is 491 Å². The predicted octanol–water partition coefficient (Wildman–Crippen LogP) is 20.1. The van der Waals surface area contributed by atoms with Crippen LogP contribution in [0.5, 0.6) is 0 Å². The number of hydrogen-bond acceptors (Lipinski definition) is 4. The lowest BCUT2D eigenvalue weighted by atomic mass is 9.94. The third-order valence-electron chi connectivity index (χ3n) is 17.2. The van der Waals surface area contributed by atoms with Gasteiger partial charge in [-0.2, -0.15) is 0 Å². The topological polar surface area (TPSA) is 58.4 Å². The first-order valence-corrected chi connectivity index (χ1v) is 29.6. The maximum absolute atomic E-state index is 6.02. The van der Waals surface area contributed by atoms with E-state index in [1.54, 1.807) is 11.3 Å². The number of fused-ring (bicyclic) bond motifs is 13. The highest BCUT2D eigenvalue weighted by molar-refractivity contribution is 7.21. The molecule has 8 heteroatoms. The fourth-order valence-corrected chi connectivity index (χ4v) is 14.7. The van der Waals surface area contributed by atoms with E-state index in [1.807, 2.05) is 0 Å². The Morgan fingerprint density at radius 3 is 0.906 bits per heavy atom. The van der Waals surface area contributed by atoms with Crippen molar-refractivity contribution in [1.29, 1.82) is 0 Å². The standard InChI is InChI=1S/C77H47N7S/c1-3-25-48(26-4-1)59-47-60(79-76(78-59)49-27-5-2-6-28-49)70-72(81-61-38-16-7-29-50(61)51-30-8-17-39-62(51)81)74(83-65-42-20-11-33-54(65)55-34-12-21-43-66(55)83)71(77-80-58-37-15-24-46-69(58)85-77)75(84-67-44-22-13-35-56(67)57-36-14-23-45-68(57)84)73(70)82-63-40-18-9-31-52(63)53-32-10-19-41-64(53)82/h1-47H. The van der Waals surface area contributed by atoms with Crippen LogP contribution in [0.3, 0.4) is 0 Å². The van der Waals surface area contributed by atoms with Crippen molar-refractivity contribution in [3.05, 3.63) is 285 Å². The largest absolute Gasteiger partial charge is 0.306 e. The van der Waals surface area contributed by atoms with E-state index >= 15 is 0 Å².